The molecule has 0 spiro atoms. The number of hydrogen-bond acceptors (Lipinski definition) is 4. The van der Waals surface area contributed by atoms with Crippen molar-refractivity contribution in [2.75, 3.05) is 6.61 Å². The number of carbonyl (C=O) groups is 2. The Morgan fingerprint density at radius 2 is 1.75 bits per heavy atom. The van der Waals surface area contributed by atoms with E-state index in [1.165, 1.54) is 0 Å². The molecular formula is C12H14O4. The maximum atomic E-state index is 11.1. The highest BCUT2D eigenvalue weighted by molar-refractivity contribution is 5.76. The number of carbonyl (C=O) groups excluding carboxylic acids is 2. The smallest absolute Gasteiger partial charge is 0.344 e. The minimum atomic E-state index is -0.536. The van der Waals surface area contributed by atoms with E-state index >= 15 is 0 Å². The Labute approximate surface area is 94.2 Å². The second-order valence-corrected chi connectivity index (χ2v) is 3.16. The third-order valence-corrected chi connectivity index (χ3v) is 1.88. The van der Waals surface area contributed by atoms with Crippen LogP contribution >= 0.6 is 0 Å². The number of ether oxygens (including phenoxy) is 2. The molecule has 1 aromatic rings. The van der Waals surface area contributed by atoms with Gasteiger partial charge in [-0.15, -0.1) is 0 Å². The zero-order valence-electron chi connectivity index (χ0n) is 9.14. The molecule has 0 radical (unpaired) electrons. The van der Waals surface area contributed by atoms with Crippen LogP contribution in [0.4, 0.5) is 0 Å². The molecule has 0 aliphatic carbocycles. The van der Waals surface area contributed by atoms with Crippen LogP contribution in [0.15, 0.2) is 30.3 Å². The fourth-order valence-electron chi connectivity index (χ4n) is 1.02. The standard InChI is InChI=1S/C12H14O4/c1-2-11(13)16-9-12(14)15-8-10-6-4-3-5-7-10/h3-7H,2,8-9H2,1H3. The van der Waals surface area contributed by atoms with E-state index in [4.69, 9.17) is 4.74 Å². The summed E-state index contributed by atoms with van der Waals surface area (Å²) in [7, 11) is 0. The Morgan fingerprint density at radius 1 is 1.06 bits per heavy atom. The number of hydrogen-bond donors (Lipinski definition) is 0. The molecule has 86 valence electrons. The molecule has 0 bridgehead atoms. The summed E-state index contributed by atoms with van der Waals surface area (Å²) in [5.41, 5.74) is 0.901. The number of esters is 2. The topological polar surface area (TPSA) is 52.6 Å². The van der Waals surface area contributed by atoms with Gasteiger partial charge in [-0.3, -0.25) is 4.79 Å². The minimum absolute atomic E-state index is 0.198. The summed E-state index contributed by atoms with van der Waals surface area (Å²) >= 11 is 0. The van der Waals surface area contributed by atoms with Gasteiger partial charge in [-0.1, -0.05) is 37.3 Å². The van der Waals surface area contributed by atoms with E-state index in [-0.39, 0.29) is 19.6 Å². The fourth-order valence-corrected chi connectivity index (χ4v) is 1.02. The van der Waals surface area contributed by atoms with Crippen molar-refractivity contribution in [3.63, 3.8) is 0 Å². The van der Waals surface area contributed by atoms with Gasteiger partial charge in [0, 0.05) is 6.42 Å². The van der Waals surface area contributed by atoms with Gasteiger partial charge in [0.2, 0.25) is 0 Å². The summed E-state index contributed by atoms with van der Waals surface area (Å²) in [6.07, 6.45) is 0.256. The van der Waals surface area contributed by atoms with Crippen molar-refractivity contribution in [1.82, 2.24) is 0 Å². The predicted molar refractivity (Wildman–Crippen MR) is 57.5 cm³/mol. The molecule has 0 N–H and O–H groups in total. The van der Waals surface area contributed by atoms with E-state index in [1.54, 1.807) is 6.92 Å². The van der Waals surface area contributed by atoms with Gasteiger partial charge in [-0.25, -0.2) is 4.79 Å². The first-order valence-electron chi connectivity index (χ1n) is 5.07. The van der Waals surface area contributed by atoms with Crippen molar-refractivity contribution in [3.05, 3.63) is 35.9 Å². The molecule has 0 saturated heterocycles. The number of rotatable bonds is 5. The highest BCUT2D eigenvalue weighted by Gasteiger charge is 2.06. The van der Waals surface area contributed by atoms with Crippen LogP contribution in [0.5, 0.6) is 0 Å². The van der Waals surface area contributed by atoms with E-state index in [0.717, 1.165) is 5.56 Å². The van der Waals surface area contributed by atoms with Crippen molar-refractivity contribution in [1.29, 1.82) is 0 Å². The highest BCUT2D eigenvalue weighted by Crippen LogP contribution is 2.00. The number of benzene rings is 1. The summed E-state index contributed by atoms with van der Waals surface area (Å²) in [6.45, 7) is 1.54. The summed E-state index contributed by atoms with van der Waals surface area (Å²) in [6, 6.07) is 9.31. The van der Waals surface area contributed by atoms with Crippen LogP contribution in [-0.2, 0) is 25.7 Å². The van der Waals surface area contributed by atoms with Crippen molar-refractivity contribution >= 4 is 11.9 Å². The van der Waals surface area contributed by atoms with Gasteiger partial charge >= 0.3 is 11.9 Å². The summed E-state index contributed by atoms with van der Waals surface area (Å²) in [4.78, 5) is 21.9. The molecule has 0 atom stereocenters. The Balaban J connectivity index is 2.23. The molecule has 0 aliphatic rings. The summed E-state index contributed by atoms with van der Waals surface area (Å²) in [5.74, 6) is -0.942. The zero-order chi connectivity index (χ0) is 11.8. The normalized spacial score (nSPS) is 9.56. The molecule has 0 aliphatic heterocycles. The van der Waals surface area contributed by atoms with Gasteiger partial charge in [-0.2, -0.15) is 0 Å². The van der Waals surface area contributed by atoms with Gasteiger partial charge in [-0.05, 0) is 5.56 Å². The molecular weight excluding hydrogens is 208 g/mol. The van der Waals surface area contributed by atoms with Crippen molar-refractivity contribution < 1.29 is 19.1 Å². The van der Waals surface area contributed by atoms with Crippen LogP contribution in [-0.4, -0.2) is 18.5 Å². The lowest BCUT2D eigenvalue weighted by atomic mass is 10.2. The third-order valence-electron chi connectivity index (χ3n) is 1.88. The molecule has 0 heterocycles. The molecule has 0 saturated carbocycles. The molecule has 0 aromatic heterocycles. The monoisotopic (exact) mass is 222 g/mol. The SMILES string of the molecule is CCC(=O)OCC(=O)OCc1ccccc1. The second kappa shape index (κ2) is 6.61. The van der Waals surface area contributed by atoms with Crippen LogP contribution in [0.2, 0.25) is 0 Å². The molecule has 0 amide bonds. The third kappa shape index (κ3) is 4.59. The van der Waals surface area contributed by atoms with Gasteiger partial charge in [0.25, 0.3) is 0 Å². The highest BCUT2D eigenvalue weighted by atomic mass is 16.6. The van der Waals surface area contributed by atoms with Crippen molar-refractivity contribution in [3.8, 4) is 0 Å². The van der Waals surface area contributed by atoms with E-state index in [2.05, 4.69) is 4.74 Å². The minimum Gasteiger partial charge on any atom is -0.458 e. The van der Waals surface area contributed by atoms with Crippen LogP contribution in [0.25, 0.3) is 0 Å². The van der Waals surface area contributed by atoms with E-state index < -0.39 is 11.9 Å². The predicted octanol–water partition coefficient (Wildman–Crippen LogP) is 1.68. The lowest BCUT2D eigenvalue weighted by Crippen LogP contribution is -2.15. The first kappa shape index (κ1) is 12.2. The Morgan fingerprint density at radius 3 is 2.38 bits per heavy atom. The average Bonchev–Trinajstić information content (AvgIpc) is 2.34. The maximum absolute atomic E-state index is 11.1. The molecule has 1 aromatic carbocycles. The first-order chi connectivity index (χ1) is 7.72. The molecule has 16 heavy (non-hydrogen) atoms. The van der Waals surface area contributed by atoms with Crippen LogP contribution in [0, 0.1) is 0 Å². The lowest BCUT2D eigenvalue weighted by molar-refractivity contribution is -0.159. The van der Waals surface area contributed by atoms with Crippen molar-refractivity contribution in [2.24, 2.45) is 0 Å². The average molecular weight is 222 g/mol. The molecule has 0 unspecified atom stereocenters. The fraction of sp³-hybridized carbons (Fsp3) is 0.333. The molecule has 4 nitrogen and oxygen atoms in total. The first-order valence-corrected chi connectivity index (χ1v) is 5.07. The summed E-state index contributed by atoms with van der Waals surface area (Å²) in [5, 5.41) is 0. The maximum Gasteiger partial charge on any atom is 0.344 e. The van der Waals surface area contributed by atoms with Crippen LogP contribution in [0.3, 0.4) is 0 Å². The zero-order valence-corrected chi connectivity index (χ0v) is 9.14. The van der Waals surface area contributed by atoms with Gasteiger partial charge in [0.1, 0.15) is 6.61 Å². The largest absolute Gasteiger partial charge is 0.458 e. The van der Waals surface area contributed by atoms with E-state index in [9.17, 15) is 9.59 Å². The molecule has 4 heteroatoms. The quantitative estimate of drug-likeness (QED) is 0.711. The van der Waals surface area contributed by atoms with Crippen LogP contribution in [0.1, 0.15) is 18.9 Å². The van der Waals surface area contributed by atoms with E-state index in [0.29, 0.717) is 0 Å². The molecule has 1 rings (SSSR count). The second-order valence-electron chi connectivity index (χ2n) is 3.16. The Kier molecular flexibility index (Phi) is 5.05. The van der Waals surface area contributed by atoms with Gasteiger partial charge in [0.05, 0.1) is 0 Å². The lowest BCUT2D eigenvalue weighted by Gasteiger charge is -2.05. The van der Waals surface area contributed by atoms with Gasteiger partial charge in [0.15, 0.2) is 6.61 Å². The van der Waals surface area contributed by atoms with Crippen molar-refractivity contribution in [2.45, 2.75) is 20.0 Å². The molecule has 0 fully saturated rings. The van der Waals surface area contributed by atoms with Crippen LogP contribution < -0.4 is 0 Å². The summed E-state index contributed by atoms with van der Waals surface area (Å²) < 4.78 is 9.53. The Bertz CT molecular complexity index is 345. The van der Waals surface area contributed by atoms with Gasteiger partial charge < -0.3 is 9.47 Å². The Hall–Kier alpha value is -1.84. The van der Waals surface area contributed by atoms with E-state index in [1.807, 2.05) is 30.3 Å².